The van der Waals surface area contributed by atoms with E-state index in [4.69, 9.17) is 4.74 Å². The van der Waals surface area contributed by atoms with Crippen molar-refractivity contribution in [3.8, 4) is 22.1 Å². The van der Waals surface area contributed by atoms with Crippen LogP contribution in [0.15, 0.2) is 58.5 Å². The molecular weight excluding hydrogens is 547 g/mol. The topological polar surface area (TPSA) is 110 Å². The van der Waals surface area contributed by atoms with Gasteiger partial charge in [-0.1, -0.05) is 6.07 Å². The molecular formula is C25H17F5N4O4S. The molecule has 0 aliphatic carbocycles. The van der Waals surface area contributed by atoms with E-state index < -0.39 is 42.1 Å². The number of H-pyrrole nitrogens is 1. The van der Waals surface area contributed by atoms with Crippen LogP contribution in [0, 0.1) is 6.92 Å². The van der Waals surface area contributed by atoms with Gasteiger partial charge in [-0.25, -0.2) is 18.6 Å². The van der Waals surface area contributed by atoms with Crippen LogP contribution >= 0.6 is 11.3 Å². The number of hydrogen-bond acceptors (Lipinski definition) is 7. The fourth-order valence-corrected chi connectivity index (χ4v) is 5.36. The summed E-state index contributed by atoms with van der Waals surface area (Å²) in [5.41, 5.74) is -2.20. The third-order valence-corrected chi connectivity index (χ3v) is 7.37. The van der Waals surface area contributed by atoms with Crippen molar-refractivity contribution in [1.82, 2.24) is 19.5 Å². The van der Waals surface area contributed by atoms with E-state index in [1.807, 2.05) is 4.98 Å². The van der Waals surface area contributed by atoms with Crippen LogP contribution in [0.4, 0.5) is 22.0 Å². The number of aliphatic hydroxyl groups is 1. The van der Waals surface area contributed by atoms with Crippen LogP contribution < -0.4 is 16.0 Å². The molecule has 4 heterocycles. The number of ether oxygens (including phenoxy) is 1. The molecule has 202 valence electrons. The number of nitrogens with one attached hydrogen (secondary N) is 1. The van der Waals surface area contributed by atoms with Gasteiger partial charge in [0.25, 0.3) is 12.0 Å². The van der Waals surface area contributed by atoms with Gasteiger partial charge in [-0.05, 0) is 42.1 Å². The fourth-order valence-electron chi connectivity index (χ4n) is 4.07. The molecule has 2 N–H and O–H groups in total. The van der Waals surface area contributed by atoms with Crippen LogP contribution in [0.25, 0.3) is 31.4 Å². The van der Waals surface area contributed by atoms with E-state index in [2.05, 4.69) is 9.97 Å². The van der Waals surface area contributed by atoms with Crippen LogP contribution in [-0.2, 0) is 6.54 Å². The van der Waals surface area contributed by atoms with Gasteiger partial charge < -0.3 is 9.84 Å². The molecule has 0 aliphatic heterocycles. The Kier molecular flexibility index (Phi) is 6.68. The number of aromatic amines is 1. The highest BCUT2D eigenvalue weighted by molar-refractivity contribution is 7.22. The zero-order valence-corrected chi connectivity index (χ0v) is 20.6. The molecule has 0 aliphatic rings. The molecule has 0 saturated carbocycles. The molecule has 39 heavy (non-hydrogen) atoms. The van der Waals surface area contributed by atoms with Crippen molar-refractivity contribution < 1.29 is 31.8 Å². The number of nitrogens with zero attached hydrogens (tertiary/aromatic N) is 3. The maximum absolute atomic E-state index is 14.1. The summed E-state index contributed by atoms with van der Waals surface area (Å²) in [6.45, 7) is 0.303. The molecule has 0 bridgehead atoms. The Bertz CT molecular complexity index is 1830. The lowest BCUT2D eigenvalue weighted by molar-refractivity contribution is -0.207. The molecule has 0 spiro atoms. The van der Waals surface area contributed by atoms with Crippen molar-refractivity contribution in [1.29, 1.82) is 0 Å². The first-order valence-corrected chi connectivity index (χ1v) is 12.1. The maximum Gasteiger partial charge on any atom is 0.416 e. The standard InChI is InChI=1S/C25H17F5N4O4S/c1-11-18-21(36)33-24(37)34(10-17(35)25(28,29)30)23(18)39-19(11)14-7-16(20(26)27)22(32-9-14)38-15-3-2-12-4-5-31-8-13(12)6-15/h2-9,17,20,35H,10H2,1H3,(H,33,36,37)/t17-/m1/s1. The monoisotopic (exact) mass is 564 g/mol. The zero-order chi connectivity index (χ0) is 28.1. The second-order valence-corrected chi connectivity index (χ2v) is 9.57. The van der Waals surface area contributed by atoms with Gasteiger partial charge in [0, 0.05) is 34.4 Å². The highest BCUT2D eigenvalue weighted by Gasteiger charge is 2.39. The summed E-state index contributed by atoms with van der Waals surface area (Å²) in [7, 11) is 0. The summed E-state index contributed by atoms with van der Waals surface area (Å²) in [6.07, 6.45) is -6.46. The first-order chi connectivity index (χ1) is 18.4. The van der Waals surface area contributed by atoms with E-state index in [0.717, 1.165) is 28.2 Å². The van der Waals surface area contributed by atoms with Gasteiger partial charge in [0.1, 0.15) is 10.6 Å². The SMILES string of the molecule is Cc1c(-c2cnc(Oc3ccc4ccncc4c3)c(C(F)F)c2)sc2c1c(=O)[nH]c(=O)n2C[C@@H](O)C(F)(F)F. The molecule has 5 rings (SSSR count). The maximum atomic E-state index is 14.1. The summed E-state index contributed by atoms with van der Waals surface area (Å²) in [5, 5.41) is 11.0. The molecule has 1 aromatic carbocycles. The third-order valence-electron chi connectivity index (χ3n) is 6.00. The number of pyridine rings is 2. The number of aromatic nitrogens is 4. The summed E-state index contributed by atoms with van der Waals surface area (Å²) in [6, 6.07) is 7.82. The number of benzene rings is 1. The normalized spacial score (nSPS) is 12.9. The predicted molar refractivity (Wildman–Crippen MR) is 134 cm³/mol. The van der Waals surface area contributed by atoms with Crippen molar-refractivity contribution in [3.05, 3.63) is 80.9 Å². The first kappa shape index (κ1) is 26.4. The molecule has 14 heteroatoms. The predicted octanol–water partition coefficient (Wildman–Crippen LogP) is 5.32. The summed E-state index contributed by atoms with van der Waals surface area (Å²) in [4.78, 5) is 34.9. The Labute approximate surface area is 219 Å². The van der Waals surface area contributed by atoms with Crippen LogP contribution in [0.1, 0.15) is 17.6 Å². The minimum atomic E-state index is -5.01. The van der Waals surface area contributed by atoms with Crippen LogP contribution in [0.3, 0.4) is 0 Å². The lowest BCUT2D eigenvalue weighted by Gasteiger charge is -2.15. The van der Waals surface area contributed by atoms with Crippen molar-refractivity contribution in [3.63, 3.8) is 0 Å². The Morgan fingerprint density at radius 2 is 1.90 bits per heavy atom. The van der Waals surface area contributed by atoms with Gasteiger partial charge >= 0.3 is 11.9 Å². The number of aryl methyl sites for hydroxylation is 1. The average Bonchev–Trinajstić information content (AvgIpc) is 3.23. The minimum Gasteiger partial charge on any atom is -0.439 e. The van der Waals surface area contributed by atoms with Gasteiger partial charge in [-0.3, -0.25) is 19.3 Å². The van der Waals surface area contributed by atoms with Crippen molar-refractivity contribution >= 4 is 32.3 Å². The fraction of sp³-hybridized carbons (Fsp3) is 0.200. The molecule has 0 fully saturated rings. The van der Waals surface area contributed by atoms with Gasteiger partial charge in [-0.2, -0.15) is 13.2 Å². The second kappa shape index (κ2) is 9.85. The minimum absolute atomic E-state index is 0.104. The highest BCUT2D eigenvalue weighted by Crippen LogP contribution is 2.40. The molecule has 4 aromatic heterocycles. The Morgan fingerprint density at radius 3 is 2.62 bits per heavy atom. The molecule has 5 aromatic rings. The number of fused-ring (bicyclic) bond motifs is 2. The number of alkyl halides is 5. The quantitative estimate of drug-likeness (QED) is 0.270. The highest BCUT2D eigenvalue weighted by atomic mass is 32.1. The van der Waals surface area contributed by atoms with Crippen molar-refractivity contribution in [2.45, 2.75) is 32.2 Å². The number of halogens is 5. The second-order valence-electron chi connectivity index (χ2n) is 8.57. The molecule has 0 amide bonds. The van der Waals surface area contributed by atoms with Gasteiger partial charge in [0.2, 0.25) is 5.88 Å². The summed E-state index contributed by atoms with van der Waals surface area (Å²) >= 11 is 0.748. The van der Waals surface area contributed by atoms with Crippen molar-refractivity contribution in [2.24, 2.45) is 0 Å². The zero-order valence-electron chi connectivity index (χ0n) is 19.8. The van der Waals surface area contributed by atoms with E-state index in [9.17, 15) is 36.6 Å². The summed E-state index contributed by atoms with van der Waals surface area (Å²) in [5.74, 6) is -0.117. The summed E-state index contributed by atoms with van der Waals surface area (Å²) < 4.78 is 73.2. The van der Waals surface area contributed by atoms with Crippen LogP contribution in [-0.4, -0.2) is 36.9 Å². The van der Waals surface area contributed by atoms with Gasteiger partial charge in [-0.15, -0.1) is 11.3 Å². The molecule has 1 atom stereocenters. The number of rotatable bonds is 6. The van der Waals surface area contributed by atoms with E-state index >= 15 is 0 Å². The van der Waals surface area contributed by atoms with E-state index in [1.54, 1.807) is 36.7 Å². The Hall–Kier alpha value is -4.17. The van der Waals surface area contributed by atoms with E-state index in [0.29, 0.717) is 4.57 Å². The van der Waals surface area contributed by atoms with Crippen molar-refractivity contribution in [2.75, 3.05) is 0 Å². The largest absolute Gasteiger partial charge is 0.439 e. The molecule has 0 radical (unpaired) electrons. The van der Waals surface area contributed by atoms with Gasteiger partial charge in [0.15, 0.2) is 6.10 Å². The van der Waals surface area contributed by atoms with Crippen LogP contribution in [0.2, 0.25) is 0 Å². The van der Waals surface area contributed by atoms with E-state index in [1.165, 1.54) is 13.1 Å². The Morgan fingerprint density at radius 1 is 1.13 bits per heavy atom. The van der Waals surface area contributed by atoms with E-state index in [-0.39, 0.29) is 37.9 Å². The number of aliphatic hydroxyl groups excluding tert-OH is 1. The third kappa shape index (κ3) is 5.00. The molecule has 0 saturated heterocycles. The van der Waals surface area contributed by atoms with Gasteiger partial charge in [0.05, 0.1) is 17.5 Å². The molecule has 8 nitrogen and oxygen atoms in total. The smallest absolute Gasteiger partial charge is 0.416 e. The Balaban J connectivity index is 1.58. The lowest BCUT2D eigenvalue weighted by Crippen LogP contribution is -2.38. The average molecular weight is 564 g/mol. The number of hydrogen-bond donors (Lipinski definition) is 2. The first-order valence-electron chi connectivity index (χ1n) is 11.2. The van der Waals surface area contributed by atoms with Crippen LogP contribution in [0.5, 0.6) is 11.6 Å². The molecule has 0 unspecified atom stereocenters. The number of thiophene rings is 1. The lowest BCUT2D eigenvalue weighted by atomic mass is 10.1.